The molecular weight excluding hydrogens is 563 g/mol. The molecule has 0 aliphatic heterocycles. The van der Waals surface area contributed by atoms with Gasteiger partial charge in [-0.15, -0.1) is 10.2 Å². The van der Waals surface area contributed by atoms with Gasteiger partial charge in [-0.1, -0.05) is 11.6 Å². The summed E-state index contributed by atoms with van der Waals surface area (Å²) < 4.78 is 64.2. The van der Waals surface area contributed by atoms with E-state index in [2.05, 4.69) is 20.2 Å². The number of aromatic nitrogens is 2. The Bertz CT molecular complexity index is 1330. The second-order valence-electron chi connectivity index (χ2n) is 7.32. The van der Waals surface area contributed by atoms with Gasteiger partial charge in [0.2, 0.25) is 0 Å². The van der Waals surface area contributed by atoms with Crippen LogP contribution >= 0.6 is 11.6 Å². The van der Waals surface area contributed by atoms with Crippen LogP contribution < -0.4 is 9.62 Å². The largest absolute Gasteiger partial charge is 2.00 e. The van der Waals surface area contributed by atoms with E-state index in [9.17, 15) is 21.6 Å². The molecule has 2 aromatic carbocycles. The first-order chi connectivity index (χ1) is 16.4. The summed E-state index contributed by atoms with van der Waals surface area (Å²) in [7, 11) is -5.67. The third-order valence-electron chi connectivity index (χ3n) is 4.86. The van der Waals surface area contributed by atoms with Crippen LogP contribution in [0.25, 0.3) is 11.4 Å². The zero-order chi connectivity index (χ0) is 25.8. The molecule has 0 aliphatic carbocycles. The van der Waals surface area contributed by atoms with Gasteiger partial charge in [-0.2, -0.15) is 21.6 Å². The molecule has 3 rings (SSSR count). The van der Waals surface area contributed by atoms with Gasteiger partial charge < -0.3 is 4.90 Å². The molecule has 3 aromatic rings. The van der Waals surface area contributed by atoms with Crippen LogP contribution in [0.2, 0.25) is 5.02 Å². The number of nitrogens with one attached hydrogen (secondary N) is 1. The fourth-order valence-corrected chi connectivity index (χ4v) is 3.81. The Balaban J connectivity index is 0.00000456. The molecule has 36 heavy (non-hydrogen) atoms. The maximum atomic E-state index is 13.0. The SMILES string of the molecule is CCN(CC)c1ccc(N=Nc2cc(C)nc(-c3ccc(Cl)cc3)n2)c(NS(=O)(=O)C(F)(F)F)c1.[Ni+2]. The monoisotopic (exact) mass is 584 g/mol. The molecule has 0 aliphatic rings. The van der Waals surface area contributed by atoms with Crippen LogP contribution in [-0.2, 0) is 26.5 Å². The first kappa shape index (κ1) is 29.5. The summed E-state index contributed by atoms with van der Waals surface area (Å²) in [6.45, 7) is 6.59. The standard InChI is InChI=1S/C22H22ClF3N6O2S.Ni/c1-4-32(5-2)17-10-11-18(19(13-17)31-35(33,34)22(24,25)26)29-30-20-12-14(3)27-21(28-20)15-6-8-16(23)9-7-15;/h6-13,31H,4-5H2,1-3H3;/q;+2. The molecule has 0 amide bonds. The molecule has 0 atom stereocenters. The number of rotatable bonds is 8. The zero-order valence-electron chi connectivity index (χ0n) is 19.3. The van der Waals surface area contributed by atoms with E-state index >= 15 is 0 Å². The van der Waals surface area contributed by atoms with Crippen LogP contribution in [0, 0.1) is 6.92 Å². The van der Waals surface area contributed by atoms with E-state index in [-0.39, 0.29) is 33.7 Å². The Morgan fingerprint density at radius 1 is 1.00 bits per heavy atom. The third kappa shape index (κ3) is 7.14. The topological polar surface area (TPSA) is 99.9 Å². The minimum absolute atomic E-state index is 0. The minimum atomic E-state index is -5.67. The van der Waals surface area contributed by atoms with Crippen molar-refractivity contribution in [1.29, 1.82) is 0 Å². The molecule has 0 fully saturated rings. The average Bonchev–Trinajstić information content (AvgIpc) is 2.78. The van der Waals surface area contributed by atoms with Crippen LogP contribution in [0.5, 0.6) is 0 Å². The zero-order valence-corrected chi connectivity index (χ0v) is 21.9. The van der Waals surface area contributed by atoms with Crippen LogP contribution in [0.1, 0.15) is 19.5 Å². The van der Waals surface area contributed by atoms with Gasteiger partial charge in [-0.05, 0) is 63.2 Å². The second kappa shape index (κ2) is 12.0. The Morgan fingerprint density at radius 2 is 1.64 bits per heavy atom. The molecule has 1 heterocycles. The fraction of sp³-hybridized carbons (Fsp3) is 0.273. The van der Waals surface area contributed by atoms with E-state index in [0.29, 0.717) is 40.9 Å². The molecular formula is C22H22ClF3N6NiO2S+2. The Morgan fingerprint density at radius 3 is 2.22 bits per heavy atom. The number of hydrogen-bond donors (Lipinski definition) is 1. The van der Waals surface area contributed by atoms with E-state index in [4.69, 9.17) is 11.6 Å². The summed E-state index contributed by atoms with van der Waals surface area (Å²) in [5.41, 5.74) is -4.19. The van der Waals surface area contributed by atoms with Crippen LogP contribution in [-0.4, -0.2) is 37.0 Å². The van der Waals surface area contributed by atoms with Gasteiger partial charge >= 0.3 is 32.0 Å². The molecule has 0 unspecified atom stereocenters. The first-order valence-electron chi connectivity index (χ1n) is 10.4. The number of hydrogen-bond acceptors (Lipinski definition) is 7. The molecule has 0 spiro atoms. The number of nitrogens with zero attached hydrogens (tertiary/aromatic N) is 5. The van der Waals surface area contributed by atoms with E-state index in [1.165, 1.54) is 18.2 Å². The average molecular weight is 586 g/mol. The maximum absolute atomic E-state index is 13.0. The van der Waals surface area contributed by atoms with E-state index in [1.807, 2.05) is 18.7 Å². The summed E-state index contributed by atoms with van der Waals surface area (Å²) in [5.74, 6) is 0.491. The van der Waals surface area contributed by atoms with Crippen molar-refractivity contribution in [1.82, 2.24) is 9.97 Å². The second-order valence-corrected chi connectivity index (χ2v) is 9.43. The Labute approximate surface area is 222 Å². The van der Waals surface area contributed by atoms with Crippen molar-refractivity contribution in [3.8, 4) is 11.4 Å². The van der Waals surface area contributed by atoms with Gasteiger partial charge in [0, 0.05) is 41.1 Å². The van der Waals surface area contributed by atoms with Crippen molar-refractivity contribution >= 4 is 44.5 Å². The molecule has 0 radical (unpaired) electrons. The normalized spacial score (nSPS) is 11.9. The van der Waals surface area contributed by atoms with Crippen LogP contribution in [0.15, 0.2) is 58.8 Å². The number of halogens is 4. The molecule has 0 saturated carbocycles. The Hall–Kier alpha value is -2.76. The number of aryl methyl sites for hydroxylation is 1. The molecule has 1 aromatic heterocycles. The van der Waals surface area contributed by atoms with Gasteiger partial charge in [-0.25, -0.2) is 9.97 Å². The maximum Gasteiger partial charge on any atom is 2.00 e. The summed E-state index contributed by atoms with van der Waals surface area (Å²) >= 11 is 5.92. The van der Waals surface area contributed by atoms with Gasteiger partial charge in [0.1, 0.15) is 5.69 Å². The van der Waals surface area contributed by atoms with Crippen molar-refractivity contribution in [2.45, 2.75) is 26.3 Å². The predicted molar refractivity (Wildman–Crippen MR) is 130 cm³/mol. The van der Waals surface area contributed by atoms with E-state index in [0.717, 1.165) is 0 Å². The molecule has 14 heteroatoms. The number of sulfonamides is 1. The number of alkyl halides is 3. The van der Waals surface area contributed by atoms with Crippen molar-refractivity contribution < 1.29 is 38.1 Å². The quantitative estimate of drug-likeness (QED) is 0.236. The number of benzene rings is 2. The number of azo groups is 1. The van der Waals surface area contributed by atoms with Crippen molar-refractivity contribution in [2.24, 2.45) is 10.2 Å². The summed E-state index contributed by atoms with van der Waals surface area (Å²) in [5, 5.41) is 8.56. The molecule has 0 bridgehead atoms. The van der Waals surface area contributed by atoms with Gasteiger partial charge in [0.15, 0.2) is 11.6 Å². The summed E-state index contributed by atoms with van der Waals surface area (Å²) in [6, 6.07) is 12.7. The van der Waals surface area contributed by atoms with E-state index < -0.39 is 15.5 Å². The van der Waals surface area contributed by atoms with Crippen LogP contribution in [0.3, 0.4) is 0 Å². The smallest absolute Gasteiger partial charge is 0.372 e. The fourth-order valence-electron chi connectivity index (χ4n) is 3.12. The third-order valence-corrected chi connectivity index (χ3v) is 6.21. The molecule has 0 saturated heterocycles. The predicted octanol–water partition coefficient (Wildman–Crippen LogP) is 6.63. The Kier molecular flexibility index (Phi) is 9.81. The minimum Gasteiger partial charge on any atom is -0.372 e. The summed E-state index contributed by atoms with van der Waals surface area (Å²) in [6.07, 6.45) is 0. The van der Waals surface area contributed by atoms with Crippen molar-refractivity contribution in [3.63, 3.8) is 0 Å². The summed E-state index contributed by atoms with van der Waals surface area (Å²) in [4.78, 5) is 10.5. The van der Waals surface area contributed by atoms with Gasteiger partial charge in [0.25, 0.3) is 0 Å². The molecule has 194 valence electrons. The van der Waals surface area contributed by atoms with Crippen molar-refractivity contribution in [3.05, 3.63) is 59.2 Å². The molecule has 1 N–H and O–H groups in total. The number of anilines is 2. The van der Waals surface area contributed by atoms with E-state index in [1.54, 1.807) is 42.0 Å². The van der Waals surface area contributed by atoms with Crippen LogP contribution in [0.4, 0.5) is 36.1 Å². The first-order valence-corrected chi connectivity index (χ1v) is 12.3. The van der Waals surface area contributed by atoms with Crippen molar-refractivity contribution in [2.75, 3.05) is 22.7 Å². The molecule has 8 nitrogen and oxygen atoms in total. The van der Waals surface area contributed by atoms with Gasteiger partial charge in [0.05, 0.1) is 5.69 Å². The van der Waals surface area contributed by atoms with Gasteiger partial charge in [-0.3, -0.25) is 4.72 Å².